The second-order valence-corrected chi connectivity index (χ2v) is 6.15. The Morgan fingerprint density at radius 3 is 2.93 bits per heavy atom. The molecule has 0 aromatic carbocycles. The first kappa shape index (κ1) is 17.0. The average Bonchev–Trinajstić information content (AvgIpc) is 3.32. The number of aromatic nitrogens is 5. The summed E-state index contributed by atoms with van der Waals surface area (Å²) in [7, 11) is 1.64. The van der Waals surface area contributed by atoms with Crippen LogP contribution >= 0.6 is 11.6 Å². The summed E-state index contributed by atoms with van der Waals surface area (Å²) in [6, 6.07) is 8.55. The molecule has 136 valence electrons. The van der Waals surface area contributed by atoms with Gasteiger partial charge in [0.1, 0.15) is 10.8 Å². The monoisotopic (exact) mass is 383 g/mol. The van der Waals surface area contributed by atoms with Crippen LogP contribution in [0.4, 0.5) is 5.95 Å². The highest BCUT2D eigenvalue weighted by molar-refractivity contribution is 6.30. The largest absolute Gasteiger partial charge is 0.461 e. The van der Waals surface area contributed by atoms with Gasteiger partial charge in [-0.05, 0) is 18.2 Å². The van der Waals surface area contributed by atoms with Gasteiger partial charge < -0.3 is 15.1 Å². The molecule has 0 aliphatic heterocycles. The van der Waals surface area contributed by atoms with Crippen LogP contribution in [0.2, 0.25) is 5.15 Å². The van der Waals surface area contributed by atoms with Gasteiger partial charge in [-0.2, -0.15) is 4.52 Å². The maximum Gasteiger partial charge on any atom is 0.272 e. The van der Waals surface area contributed by atoms with Crippen molar-refractivity contribution in [2.75, 3.05) is 12.8 Å². The molecule has 4 aromatic rings. The lowest BCUT2D eigenvalue weighted by molar-refractivity contribution is 0.0779. The quantitative estimate of drug-likeness (QED) is 0.537. The lowest BCUT2D eigenvalue weighted by Crippen LogP contribution is -2.27. The number of fused-ring (bicyclic) bond motifs is 1. The number of hydrogen-bond acceptors (Lipinski definition) is 7. The van der Waals surface area contributed by atoms with Gasteiger partial charge in [-0.1, -0.05) is 17.7 Å². The molecular weight excluding hydrogens is 370 g/mol. The van der Waals surface area contributed by atoms with Gasteiger partial charge in [0.15, 0.2) is 11.4 Å². The first-order chi connectivity index (χ1) is 13.0. The summed E-state index contributed by atoms with van der Waals surface area (Å²) in [6.45, 7) is 0.280. The Labute approximate surface area is 158 Å². The van der Waals surface area contributed by atoms with Crippen LogP contribution in [0.5, 0.6) is 0 Å². The van der Waals surface area contributed by atoms with E-state index in [-0.39, 0.29) is 24.1 Å². The molecule has 0 radical (unpaired) electrons. The third kappa shape index (κ3) is 3.20. The van der Waals surface area contributed by atoms with Gasteiger partial charge in [0, 0.05) is 31.4 Å². The standard InChI is InChI=1S/C17H14ClN7O2/c1-24(9-10-4-2-6-20-14(10)18)16(26)11-8-13-22-15(12-5-3-7-27-12)23-25(13)17(19)21-11/h2-8H,9H2,1H3,(H2,19,21). The Balaban J connectivity index is 1.64. The molecule has 27 heavy (non-hydrogen) atoms. The molecular formula is C17H14ClN7O2. The van der Waals surface area contributed by atoms with E-state index in [0.29, 0.717) is 22.4 Å². The molecule has 0 aliphatic rings. The average molecular weight is 384 g/mol. The Hall–Kier alpha value is -3.46. The highest BCUT2D eigenvalue weighted by atomic mass is 35.5. The summed E-state index contributed by atoms with van der Waals surface area (Å²) in [6.07, 6.45) is 3.11. The molecule has 4 rings (SSSR count). The van der Waals surface area contributed by atoms with E-state index in [2.05, 4.69) is 20.1 Å². The van der Waals surface area contributed by atoms with E-state index in [9.17, 15) is 4.79 Å². The fourth-order valence-electron chi connectivity index (χ4n) is 2.59. The SMILES string of the molecule is CN(Cc1cccnc1Cl)C(=O)c1cc2nc(-c3ccco3)nn2c(N)n1. The van der Waals surface area contributed by atoms with Gasteiger partial charge in [-0.15, -0.1) is 5.10 Å². The second kappa shape index (κ2) is 6.69. The molecule has 10 heteroatoms. The third-order valence-electron chi connectivity index (χ3n) is 3.90. The summed E-state index contributed by atoms with van der Waals surface area (Å²) in [5.41, 5.74) is 7.23. The number of nitrogens with zero attached hydrogens (tertiary/aromatic N) is 6. The molecule has 0 saturated heterocycles. The van der Waals surface area contributed by atoms with Crippen molar-refractivity contribution in [2.24, 2.45) is 0 Å². The Bertz CT molecular complexity index is 1120. The van der Waals surface area contributed by atoms with E-state index >= 15 is 0 Å². The molecule has 0 saturated carbocycles. The lowest BCUT2D eigenvalue weighted by atomic mass is 10.2. The molecule has 1 amide bonds. The number of nitrogens with two attached hydrogens (primary N) is 1. The molecule has 2 N–H and O–H groups in total. The van der Waals surface area contributed by atoms with E-state index in [1.54, 1.807) is 37.5 Å². The normalized spacial score (nSPS) is 11.0. The van der Waals surface area contributed by atoms with Crippen molar-refractivity contribution >= 4 is 29.1 Å². The number of furan rings is 1. The fourth-order valence-corrected chi connectivity index (χ4v) is 2.77. The number of halogens is 1. The molecule has 0 atom stereocenters. The van der Waals surface area contributed by atoms with Crippen LogP contribution in [0, 0.1) is 0 Å². The number of anilines is 1. The van der Waals surface area contributed by atoms with Crippen LogP contribution in [0.15, 0.2) is 47.2 Å². The minimum Gasteiger partial charge on any atom is -0.461 e. The summed E-state index contributed by atoms with van der Waals surface area (Å²) >= 11 is 6.06. The summed E-state index contributed by atoms with van der Waals surface area (Å²) in [5, 5.41) is 4.60. The lowest BCUT2D eigenvalue weighted by Gasteiger charge is -2.17. The summed E-state index contributed by atoms with van der Waals surface area (Å²) in [5.74, 6) is 0.573. The van der Waals surface area contributed by atoms with Crippen LogP contribution in [0.1, 0.15) is 16.1 Å². The van der Waals surface area contributed by atoms with Crippen molar-refractivity contribution in [2.45, 2.75) is 6.54 Å². The molecule has 0 spiro atoms. The van der Waals surface area contributed by atoms with Gasteiger partial charge >= 0.3 is 0 Å². The predicted molar refractivity (Wildman–Crippen MR) is 97.9 cm³/mol. The van der Waals surface area contributed by atoms with Crippen molar-refractivity contribution in [3.8, 4) is 11.6 Å². The first-order valence-electron chi connectivity index (χ1n) is 7.95. The summed E-state index contributed by atoms with van der Waals surface area (Å²) in [4.78, 5) is 26.7. The second-order valence-electron chi connectivity index (χ2n) is 5.80. The Morgan fingerprint density at radius 1 is 1.33 bits per heavy atom. The predicted octanol–water partition coefficient (Wildman–Crippen LogP) is 2.29. The van der Waals surface area contributed by atoms with Crippen LogP contribution in [-0.4, -0.2) is 42.4 Å². The van der Waals surface area contributed by atoms with Crippen molar-refractivity contribution in [3.05, 3.63) is 59.2 Å². The number of carbonyl (C=O) groups is 1. The molecule has 0 fully saturated rings. The van der Waals surface area contributed by atoms with E-state index in [0.717, 1.165) is 5.56 Å². The maximum absolute atomic E-state index is 12.8. The zero-order chi connectivity index (χ0) is 19.0. The van der Waals surface area contributed by atoms with Crippen molar-refractivity contribution in [3.63, 3.8) is 0 Å². The van der Waals surface area contributed by atoms with Crippen molar-refractivity contribution in [1.82, 2.24) is 29.5 Å². The minimum absolute atomic E-state index is 0.0500. The van der Waals surface area contributed by atoms with Crippen molar-refractivity contribution < 1.29 is 9.21 Å². The summed E-state index contributed by atoms with van der Waals surface area (Å²) < 4.78 is 6.64. The molecule has 0 bridgehead atoms. The zero-order valence-electron chi connectivity index (χ0n) is 14.2. The van der Waals surface area contributed by atoms with E-state index in [4.69, 9.17) is 21.8 Å². The van der Waals surface area contributed by atoms with Gasteiger partial charge in [-0.3, -0.25) is 4.79 Å². The topological polar surface area (TPSA) is 115 Å². The molecule has 4 heterocycles. The van der Waals surface area contributed by atoms with E-state index in [1.807, 2.05) is 0 Å². The Morgan fingerprint density at radius 2 is 2.19 bits per heavy atom. The molecule has 4 aromatic heterocycles. The van der Waals surface area contributed by atoms with E-state index < -0.39 is 0 Å². The van der Waals surface area contributed by atoms with Gasteiger partial charge in [-0.25, -0.2) is 15.0 Å². The van der Waals surface area contributed by atoms with E-state index in [1.165, 1.54) is 21.7 Å². The third-order valence-corrected chi connectivity index (χ3v) is 4.24. The van der Waals surface area contributed by atoms with Crippen LogP contribution < -0.4 is 5.73 Å². The minimum atomic E-state index is -0.327. The van der Waals surface area contributed by atoms with Crippen LogP contribution in [-0.2, 0) is 6.54 Å². The number of carbonyl (C=O) groups excluding carboxylic acids is 1. The number of pyridine rings is 1. The number of rotatable bonds is 4. The molecule has 0 unspecified atom stereocenters. The maximum atomic E-state index is 12.8. The molecule has 0 aliphatic carbocycles. The number of hydrogen-bond donors (Lipinski definition) is 1. The van der Waals surface area contributed by atoms with Crippen molar-refractivity contribution in [1.29, 1.82) is 0 Å². The first-order valence-corrected chi connectivity index (χ1v) is 8.33. The smallest absolute Gasteiger partial charge is 0.272 e. The van der Waals surface area contributed by atoms with Gasteiger partial charge in [0.05, 0.1) is 6.26 Å². The number of nitrogen functional groups attached to an aromatic ring is 1. The Kier molecular flexibility index (Phi) is 4.21. The van der Waals surface area contributed by atoms with Crippen LogP contribution in [0.25, 0.3) is 17.2 Å². The highest BCUT2D eigenvalue weighted by Gasteiger charge is 2.19. The highest BCUT2D eigenvalue weighted by Crippen LogP contribution is 2.19. The van der Waals surface area contributed by atoms with Gasteiger partial charge in [0.2, 0.25) is 11.8 Å². The fraction of sp³-hybridized carbons (Fsp3) is 0.118. The zero-order valence-corrected chi connectivity index (χ0v) is 15.0. The molecule has 9 nitrogen and oxygen atoms in total. The number of amides is 1. The van der Waals surface area contributed by atoms with Crippen LogP contribution in [0.3, 0.4) is 0 Å². The van der Waals surface area contributed by atoms with Gasteiger partial charge in [0.25, 0.3) is 5.91 Å².